The fourth-order valence-electron chi connectivity index (χ4n) is 2.58. The van der Waals surface area contributed by atoms with Crippen molar-refractivity contribution in [3.8, 4) is 0 Å². The van der Waals surface area contributed by atoms with Gasteiger partial charge in [-0.05, 0) is 48.2 Å². The number of halogens is 1. The number of anilines is 1. The van der Waals surface area contributed by atoms with E-state index in [4.69, 9.17) is 11.6 Å². The van der Waals surface area contributed by atoms with Crippen LogP contribution in [0.25, 0.3) is 0 Å². The van der Waals surface area contributed by atoms with E-state index in [1.807, 2.05) is 49.4 Å². The molecule has 1 amide bonds. The van der Waals surface area contributed by atoms with Crippen molar-refractivity contribution in [2.75, 3.05) is 18.9 Å². The number of aliphatic imine (C=N–C) groups is 1. The summed E-state index contributed by atoms with van der Waals surface area (Å²) in [6, 6.07) is 15.7. The van der Waals surface area contributed by atoms with Crippen LogP contribution >= 0.6 is 11.6 Å². The molecule has 5 nitrogen and oxygen atoms in total. The summed E-state index contributed by atoms with van der Waals surface area (Å²) in [5.41, 5.74) is 3.12. The third-order valence-corrected chi connectivity index (χ3v) is 4.23. The van der Waals surface area contributed by atoms with Crippen LogP contribution in [0.3, 0.4) is 0 Å². The Labute approximate surface area is 166 Å². The fraction of sp³-hybridized carbons (Fsp3) is 0.333. The summed E-state index contributed by atoms with van der Waals surface area (Å²) in [5, 5.41) is 10.2. The summed E-state index contributed by atoms with van der Waals surface area (Å²) in [5.74, 6) is 0.796. The summed E-state index contributed by atoms with van der Waals surface area (Å²) < 4.78 is 0. The van der Waals surface area contributed by atoms with Crippen LogP contribution in [0.1, 0.15) is 30.9 Å². The molecule has 0 heterocycles. The first kappa shape index (κ1) is 20.8. The first-order valence-corrected chi connectivity index (χ1v) is 9.56. The van der Waals surface area contributed by atoms with E-state index in [0.29, 0.717) is 13.0 Å². The molecule has 0 unspecified atom stereocenters. The predicted octanol–water partition coefficient (Wildman–Crippen LogP) is 3.99. The summed E-state index contributed by atoms with van der Waals surface area (Å²) in [6.07, 6.45) is 2.26. The van der Waals surface area contributed by atoms with Gasteiger partial charge in [0.05, 0.1) is 0 Å². The number of hydrogen-bond acceptors (Lipinski definition) is 2. The summed E-state index contributed by atoms with van der Waals surface area (Å²) in [7, 11) is 1.75. The second-order valence-corrected chi connectivity index (χ2v) is 6.66. The maximum atomic E-state index is 11.6. The van der Waals surface area contributed by atoms with Crippen LogP contribution in [0.5, 0.6) is 0 Å². The average molecular weight is 387 g/mol. The van der Waals surface area contributed by atoms with Gasteiger partial charge in [-0.3, -0.25) is 9.79 Å². The Kier molecular flexibility index (Phi) is 8.65. The van der Waals surface area contributed by atoms with Gasteiger partial charge in [0.15, 0.2) is 5.96 Å². The van der Waals surface area contributed by atoms with Gasteiger partial charge in [-0.15, -0.1) is 0 Å². The van der Waals surface area contributed by atoms with E-state index in [2.05, 4.69) is 27.0 Å². The van der Waals surface area contributed by atoms with E-state index in [9.17, 15) is 4.79 Å². The second kappa shape index (κ2) is 11.2. The van der Waals surface area contributed by atoms with E-state index in [1.54, 1.807) is 7.05 Å². The molecule has 0 fully saturated rings. The van der Waals surface area contributed by atoms with E-state index < -0.39 is 0 Å². The number of amides is 1. The Morgan fingerprint density at radius 3 is 2.52 bits per heavy atom. The van der Waals surface area contributed by atoms with Crippen molar-refractivity contribution in [1.29, 1.82) is 0 Å². The van der Waals surface area contributed by atoms with Crippen LogP contribution in [0.4, 0.5) is 5.69 Å². The molecule has 2 rings (SSSR count). The molecule has 3 N–H and O–H groups in total. The van der Waals surface area contributed by atoms with Gasteiger partial charge in [-0.1, -0.05) is 42.8 Å². The number of carbonyl (C=O) groups excluding carboxylic acids is 1. The molecule has 0 atom stereocenters. The lowest BCUT2D eigenvalue weighted by atomic mass is 10.1. The topological polar surface area (TPSA) is 65.5 Å². The van der Waals surface area contributed by atoms with E-state index >= 15 is 0 Å². The molecular weight excluding hydrogens is 360 g/mol. The molecular formula is C21H27ClN4O. The first-order chi connectivity index (χ1) is 13.1. The SMILES string of the molecule is CCCC(=O)Nc1ccc(CNC(=NC)NCCc2cccc(Cl)c2)cc1. The third kappa shape index (κ3) is 7.71. The monoisotopic (exact) mass is 386 g/mol. The molecule has 0 saturated heterocycles. The Hall–Kier alpha value is -2.53. The van der Waals surface area contributed by atoms with Crippen LogP contribution in [0, 0.1) is 0 Å². The Balaban J connectivity index is 1.75. The van der Waals surface area contributed by atoms with E-state index in [-0.39, 0.29) is 5.91 Å². The van der Waals surface area contributed by atoms with Gasteiger partial charge in [0.25, 0.3) is 0 Å². The van der Waals surface area contributed by atoms with Crippen molar-refractivity contribution in [2.45, 2.75) is 32.7 Å². The van der Waals surface area contributed by atoms with Crippen molar-refractivity contribution < 1.29 is 4.79 Å². The van der Waals surface area contributed by atoms with Crippen molar-refractivity contribution in [2.24, 2.45) is 4.99 Å². The van der Waals surface area contributed by atoms with Crippen LogP contribution in [0.2, 0.25) is 5.02 Å². The minimum atomic E-state index is 0.0488. The average Bonchev–Trinajstić information content (AvgIpc) is 2.66. The largest absolute Gasteiger partial charge is 0.356 e. The van der Waals surface area contributed by atoms with Gasteiger partial charge in [0.2, 0.25) is 5.91 Å². The van der Waals surface area contributed by atoms with Crippen molar-refractivity contribution >= 4 is 29.2 Å². The molecule has 6 heteroatoms. The van der Waals surface area contributed by atoms with Gasteiger partial charge in [0, 0.05) is 37.3 Å². The highest BCUT2D eigenvalue weighted by Gasteiger charge is 2.02. The number of nitrogens with one attached hydrogen (secondary N) is 3. The zero-order valence-electron chi connectivity index (χ0n) is 15.9. The molecule has 0 aromatic heterocycles. The maximum absolute atomic E-state index is 11.6. The number of carbonyl (C=O) groups is 1. The maximum Gasteiger partial charge on any atom is 0.224 e. The lowest BCUT2D eigenvalue weighted by Crippen LogP contribution is -2.37. The third-order valence-electron chi connectivity index (χ3n) is 3.99. The van der Waals surface area contributed by atoms with Crippen molar-refractivity contribution in [3.63, 3.8) is 0 Å². The van der Waals surface area contributed by atoms with Gasteiger partial charge in [0.1, 0.15) is 0 Å². The lowest BCUT2D eigenvalue weighted by Gasteiger charge is -2.12. The highest BCUT2D eigenvalue weighted by Crippen LogP contribution is 2.11. The van der Waals surface area contributed by atoms with Crippen molar-refractivity contribution in [3.05, 3.63) is 64.7 Å². The molecule has 2 aromatic carbocycles. The zero-order valence-corrected chi connectivity index (χ0v) is 16.6. The van der Waals surface area contributed by atoms with Gasteiger partial charge in [-0.2, -0.15) is 0 Å². The highest BCUT2D eigenvalue weighted by molar-refractivity contribution is 6.30. The van der Waals surface area contributed by atoms with Crippen LogP contribution in [-0.2, 0) is 17.8 Å². The summed E-state index contributed by atoms with van der Waals surface area (Å²) >= 11 is 6.01. The second-order valence-electron chi connectivity index (χ2n) is 6.23. The Morgan fingerprint density at radius 2 is 1.85 bits per heavy atom. The van der Waals surface area contributed by atoms with Gasteiger partial charge < -0.3 is 16.0 Å². The molecule has 0 aliphatic heterocycles. The molecule has 0 aliphatic rings. The molecule has 27 heavy (non-hydrogen) atoms. The number of benzene rings is 2. The normalized spacial score (nSPS) is 11.1. The summed E-state index contributed by atoms with van der Waals surface area (Å²) in [6.45, 7) is 3.41. The Bertz CT molecular complexity index is 759. The zero-order chi connectivity index (χ0) is 19.5. The predicted molar refractivity (Wildman–Crippen MR) is 113 cm³/mol. The van der Waals surface area contributed by atoms with Crippen LogP contribution in [-0.4, -0.2) is 25.5 Å². The van der Waals surface area contributed by atoms with Crippen LogP contribution in [0.15, 0.2) is 53.5 Å². The molecule has 144 valence electrons. The number of guanidine groups is 1. The number of nitrogens with zero attached hydrogens (tertiary/aromatic N) is 1. The number of rotatable bonds is 8. The Morgan fingerprint density at radius 1 is 1.07 bits per heavy atom. The van der Waals surface area contributed by atoms with Gasteiger partial charge >= 0.3 is 0 Å². The quantitative estimate of drug-likeness (QED) is 0.474. The van der Waals surface area contributed by atoms with Crippen molar-refractivity contribution in [1.82, 2.24) is 10.6 Å². The lowest BCUT2D eigenvalue weighted by molar-refractivity contribution is -0.116. The van der Waals surface area contributed by atoms with Crippen LogP contribution < -0.4 is 16.0 Å². The number of hydrogen-bond donors (Lipinski definition) is 3. The molecule has 0 aliphatic carbocycles. The summed E-state index contributed by atoms with van der Waals surface area (Å²) in [4.78, 5) is 15.9. The standard InChI is InChI=1S/C21H27ClN4O/c1-3-5-20(27)26-19-10-8-17(9-11-19)15-25-21(23-2)24-13-12-16-6-4-7-18(22)14-16/h4,6-11,14H,3,5,12-13,15H2,1-2H3,(H,26,27)(H2,23,24,25). The van der Waals surface area contributed by atoms with Gasteiger partial charge in [-0.25, -0.2) is 0 Å². The molecule has 2 aromatic rings. The first-order valence-electron chi connectivity index (χ1n) is 9.18. The molecule has 0 bridgehead atoms. The smallest absolute Gasteiger partial charge is 0.224 e. The molecule has 0 saturated carbocycles. The fourth-order valence-corrected chi connectivity index (χ4v) is 2.79. The minimum absolute atomic E-state index is 0.0488. The van der Waals surface area contributed by atoms with E-state index in [1.165, 1.54) is 5.56 Å². The molecule has 0 radical (unpaired) electrons. The highest BCUT2D eigenvalue weighted by atomic mass is 35.5. The van der Waals surface area contributed by atoms with E-state index in [0.717, 1.165) is 41.6 Å². The minimum Gasteiger partial charge on any atom is -0.356 e. The molecule has 0 spiro atoms.